The lowest BCUT2D eigenvalue weighted by atomic mass is 9.96. The smallest absolute Gasteiger partial charge is 0.310 e. The van der Waals surface area contributed by atoms with Crippen molar-refractivity contribution >= 4 is 34.4 Å². The number of anilines is 1. The number of hydrogen-bond acceptors (Lipinski definition) is 5. The lowest BCUT2D eigenvalue weighted by Crippen LogP contribution is -2.42. The highest BCUT2D eigenvalue weighted by molar-refractivity contribution is 6.07. The van der Waals surface area contributed by atoms with Gasteiger partial charge in [-0.2, -0.15) is 0 Å². The van der Waals surface area contributed by atoms with Gasteiger partial charge < -0.3 is 15.0 Å². The number of aryl methyl sites for hydroxylation is 1. The fourth-order valence-electron chi connectivity index (χ4n) is 4.38. The number of piperidine rings is 1. The molecule has 1 aliphatic heterocycles. The molecule has 0 spiro atoms. The monoisotopic (exact) mass is 459 g/mol. The first-order chi connectivity index (χ1) is 16.4. The molecule has 0 radical (unpaired) electrons. The predicted octanol–water partition coefficient (Wildman–Crippen LogP) is 4.58. The Morgan fingerprint density at radius 2 is 1.88 bits per heavy atom. The van der Waals surface area contributed by atoms with Crippen molar-refractivity contribution in [1.29, 1.82) is 0 Å². The van der Waals surface area contributed by atoms with Crippen molar-refractivity contribution in [2.24, 2.45) is 5.92 Å². The molecule has 0 aliphatic carbocycles. The van der Waals surface area contributed by atoms with Crippen LogP contribution in [0.4, 0.5) is 5.69 Å². The fourth-order valence-corrected chi connectivity index (χ4v) is 4.38. The average Bonchev–Trinajstić information content (AvgIpc) is 2.83. The van der Waals surface area contributed by atoms with E-state index in [-0.39, 0.29) is 23.7 Å². The number of benzene rings is 2. The Hall–Kier alpha value is -3.74. The maximum Gasteiger partial charge on any atom is 0.310 e. The number of nitrogens with one attached hydrogen (secondary N) is 1. The van der Waals surface area contributed by atoms with E-state index in [1.54, 1.807) is 11.8 Å². The van der Waals surface area contributed by atoms with Crippen LogP contribution in [0.2, 0.25) is 0 Å². The van der Waals surface area contributed by atoms with Crippen molar-refractivity contribution < 1.29 is 19.1 Å². The minimum atomic E-state index is -0.298. The fraction of sp³-hybridized carbons (Fsp3) is 0.333. The zero-order valence-corrected chi connectivity index (χ0v) is 19.8. The second-order valence-corrected chi connectivity index (χ2v) is 8.68. The third-order valence-corrected chi connectivity index (χ3v) is 6.02. The van der Waals surface area contributed by atoms with Crippen molar-refractivity contribution in [3.8, 4) is 11.3 Å². The first-order valence-electron chi connectivity index (χ1n) is 11.6. The van der Waals surface area contributed by atoms with Crippen LogP contribution in [0.5, 0.6) is 0 Å². The van der Waals surface area contributed by atoms with Gasteiger partial charge in [0.2, 0.25) is 5.91 Å². The van der Waals surface area contributed by atoms with Gasteiger partial charge in [0.25, 0.3) is 5.91 Å². The number of nitrogens with zero attached hydrogens (tertiary/aromatic N) is 2. The first-order valence-corrected chi connectivity index (χ1v) is 11.6. The zero-order valence-electron chi connectivity index (χ0n) is 19.8. The summed E-state index contributed by atoms with van der Waals surface area (Å²) < 4.78 is 5.20. The summed E-state index contributed by atoms with van der Waals surface area (Å²) in [5.41, 5.74) is 4.55. The molecule has 1 fully saturated rings. The highest BCUT2D eigenvalue weighted by atomic mass is 16.5. The van der Waals surface area contributed by atoms with Gasteiger partial charge in [-0.1, -0.05) is 23.8 Å². The lowest BCUT2D eigenvalue weighted by molar-refractivity contribution is -0.149. The van der Waals surface area contributed by atoms with E-state index in [0.717, 1.165) is 34.9 Å². The van der Waals surface area contributed by atoms with Gasteiger partial charge in [0, 0.05) is 36.7 Å². The Morgan fingerprint density at radius 3 is 2.59 bits per heavy atom. The number of likely N-dealkylation sites (tertiary alicyclic amines) is 1. The van der Waals surface area contributed by atoms with Crippen LogP contribution in [0.1, 0.15) is 42.6 Å². The minimum absolute atomic E-state index is 0.108. The Kier molecular flexibility index (Phi) is 6.91. The summed E-state index contributed by atoms with van der Waals surface area (Å²) in [6.45, 7) is 6.53. The molecular weight excluding hydrogens is 430 g/mol. The van der Waals surface area contributed by atoms with Gasteiger partial charge in [-0.05, 0) is 57.0 Å². The van der Waals surface area contributed by atoms with Crippen molar-refractivity contribution in [3.63, 3.8) is 0 Å². The second-order valence-electron chi connectivity index (χ2n) is 8.68. The maximum atomic E-state index is 13.7. The molecule has 1 N–H and O–H groups in total. The van der Waals surface area contributed by atoms with Crippen LogP contribution in [0, 0.1) is 12.8 Å². The summed E-state index contributed by atoms with van der Waals surface area (Å²) in [4.78, 5) is 43.9. The van der Waals surface area contributed by atoms with Gasteiger partial charge in [0.15, 0.2) is 0 Å². The van der Waals surface area contributed by atoms with E-state index >= 15 is 0 Å². The Morgan fingerprint density at radius 1 is 1.12 bits per heavy atom. The largest absolute Gasteiger partial charge is 0.466 e. The summed E-state index contributed by atoms with van der Waals surface area (Å²) in [5.74, 6) is -0.783. The van der Waals surface area contributed by atoms with Crippen molar-refractivity contribution in [2.45, 2.75) is 33.6 Å². The first kappa shape index (κ1) is 23.4. The number of aromatic nitrogens is 1. The average molecular weight is 460 g/mol. The number of carbonyl (C=O) groups is 3. The SMILES string of the molecule is CCOC(=O)[C@H]1CCCN(C(=O)c2cc(-c3ccc(NC(C)=O)cc3)nc3ccc(C)cc23)C1. The molecule has 7 heteroatoms. The van der Waals surface area contributed by atoms with Gasteiger partial charge in [0.1, 0.15) is 0 Å². The van der Waals surface area contributed by atoms with Crippen LogP contribution < -0.4 is 5.32 Å². The Balaban J connectivity index is 1.71. The van der Waals surface area contributed by atoms with Crippen molar-refractivity contribution in [1.82, 2.24) is 9.88 Å². The molecule has 3 aromatic rings. The number of rotatable bonds is 5. The molecule has 176 valence electrons. The molecule has 4 rings (SSSR count). The molecule has 1 atom stereocenters. The highest BCUT2D eigenvalue weighted by Crippen LogP contribution is 2.29. The van der Waals surface area contributed by atoms with E-state index in [2.05, 4.69) is 5.32 Å². The van der Waals surface area contributed by atoms with Crippen LogP contribution in [0.15, 0.2) is 48.5 Å². The predicted molar refractivity (Wildman–Crippen MR) is 131 cm³/mol. The number of fused-ring (bicyclic) bond motifs is 1. The van der Waals surface area contributed by atoms with Crippen LogP contribution in [0.3, 0.4) is 0 Å². The summed E-state index contributed by atoms with van der Waals surface area (Å²) >= 11 is 0. The van der Waals surface area contributed by atoms with Crippen molar-refractivity contribution in [2.75, 3.05) is 25.0 Å². The Labute approximate surface area is 199 Å². The van der Waals surface area contributed by atoms with Crippen LogP contribution in [0.25, 0.3) is 22.2 Å². The van der Waals surface area contributed by atoms with E-state index < -0.39 is 0 Å². The van der Waals surface area contributed by atoms with E-state index in [1.807, 2.05) is 55.5 Å². The van der Waals surface area contributed by atoms with Gasteiger partial charge in [-0.3, -0.25) is 14.4 Å². The molecule has 1 aliphatic rings. The number of amides is 2. The zero-order chi connectivity index (χ0) is 24.2. The summed E-state index contributed by atoms with van der Waals surface area (Å²) in [5, 5.41) is 3.55. The van der Waals surface area contributed by atoms with E-state index in [4.69, 9.17) is 9.72 Å². The van der Waals surface area contributed by atoms with E-state index in [0.29, 0.717) is 36.6 Å². The number of ether oxygens (including phenoxy) is 1. The number of esters is 1. The lowest BCUT2D eigenvalue weighted by Gasteiger charge is -2.32. The topological polar surface area (TPSA) is 88.6 Å². The van der Waals surface area contributed by atoms with Gasteiger partial charge in [-0.25, -0.2) is 4.98 Å². The standard InChI is InChI=1S/C27H29N3O4/c1-4-34-27(33)20-6-5-13-30(16-20)26(32)23-15-25(29-24-12-7-17(2)14-22(23)24)19-8-10-21(11-9-19)28-18(3)31/h7-12,14-15,20H,4-6,13,16H2,1-3H3,(H,28,31)/t20-/m0/s1. The normalized spacial score (nSPS) is 15.7. The van der Waals surface area contributed by atoms with E-state index in [1.165, 1.54) is 6.92 Å². The maximum absolute atomic E-state index is 13.7. The van der Waals surface area contributed by atoms with E-state index in [9.17, 15) is 14.4 Å². The molecule has 1 aromatic heterocycles. The quantitative estimate of drug-likeness (QED) is 0.564. The molecule has 7 nitrogen and oxygen atoms in total. The summed E-state index contributed by atoms with van der Waals surface area (Å²) in [6.07, 6.45) is 1.49. The highest BCUT2D eigenvalue weighted by Gasteiger charge is 2.30. The Bertz CT molecular complexity index is 1240. The molecule has 0 bridgehead atoms. The van der Waals surface area contributed by atoms with Crippen LogP contribution >= 0.6 is 0 Å². The molecule has 34 heavy (non-hydrogen) atoms. The second kappa shape index (κ2) is 10.0. The van der Waals surface area contributed by atoms with Gasteiger partial charge >= 0.3 is 5.97 Å². The molecule has 1 saturated heterocycles. The van der Waals surface area contributed by atoms with Crippen LogP contribution in [-0.2, 0) is 14.3 Å². The molecule has 0 saturated carbocycles. The molecule has 2 aromatic carbocycles. The number of carbonyl (C=O) groups excluding carboxylic acids is 3. The molecule has 2 heterocycles. The molecular formula is C27H29N3O4. The number of pyridine rings is 1. The number of hydrogen-bond donors (Lipinski definition) is 1. The molecule has 2 amide bonds. The third kappa shape index (κ3) is 5.09. The minimum Gasteiger partial charge on any atom is -0.466 e. The van der Waals surface area contributed by atoms with Gasteiger partial charge in [0.05, 0.1) is 29.3 Å². The molecule has 0 unspecified atom stereocenters. The summed E-state index contributed by atoms with van der Waals surface area (Å²) in [7, 11) is 0. The van der Waals surface area contributed by atoms with Crippen LogP contribution in [-0.4, -0.2) is 47.4 Å². The van der Waals surface area contributed by atoms with Gasteiger partial charge in [-0.15, -0.1) is 0 Å². The summed E-state index contributed by atoms with van der Waals surface area (Å²) in [6, 6.07) is 15.1. The van der Waals surface area contributed by atoms with Crippen molar-refractivity contribution in [3.05, 3.63) is 59.7 Å². The third-order valence-electron chi connectivity index (χ3n) is 6.02.